The van der Waals surface area contributed by atoms with Crippen LogP contribution in [0.5, 0.6) is 0 Å². The Balaban J connectivity index is 2.08. The number of aromatic nitrogens is 2. The van der Waals surface area contributed by atoms with Crippen molar-refractivity contribution in [2.24, 2.45) is 0 Å². The molecule has 0 aliphatic carbocycles. The monoisotopic (exact) mass is 227 g/mol. The van der Waals surface area contributed by atoms with E-state index in [1.54, 1.807) is 0 Å². The topological polar surface area (TPSA) is 61.7 Å². The highest BCUT2D eigenvalue weighted by Crippen LogP contribution is 2.36. The van der Waals surface area contributed by atoms with E-state index in [1.165, 1.54) is 5.56 Å². The van der Waals surface area contributed by atoms with Crippen LogP contribution in [0.25, 0.3) is 11.0 Å². The fraction of sp³-hybridized carbons (Fsp3) is 0.385. The van der Waals surface area contributed by atoms with Gasteiger partial charge in [-0.25, -0.2) is 4.98 Å². The van der Waals surface area contributed by atoms with E-state index in [2.05, 4.69) is 28.2 Å². The number of nitrogens with one attached hydrogen (secondary N) is 1. The van der Waals surface area contributed by atoms with E-state index in [-0.39, 0.29) is 5.41 Å². The molecule has 2 aromatic rings. The molecule has 17 heavy (non-hydrogen) atoms. The van der Waals surface area contributed by atoms with Crippen molar-refractivity contribution >= 4 is 11.0 Å². The van der Waals surface area contributed by atoms with Gasteiger partial charge in [0.1, 0.15) is 5.82 Å². The Kier molecular flexibility index (Phi) is 2.17. The van der Waals surface area contributed by atoms with Crippen molar-refractivity contribution in [2.45, 2.75) is 18.8 Å². The van der Waals surface area contributed by atoms with Crippen LogP contribution in [0.4, 0.5) is 0 Å². The summed E-state index contributed by atoms with van der Waals surface area (Å²) in [5, 5.41) is 8.92. The van der Waals surface area contributed by atoms with Crippen LogP contribution >= 0.6 is 0 Å². The summed E-state index contributed by atoms with van der Waals surface area (Å²) in [4.78, 5) is 7.60. The van der Waals surface area contributed by atoms with Gasteiger partial charge in [-0.05, 0) is 24.6 Å². The quantitative estimate of drug-likeness (QED) is 0.854. The van der Waals surface area contributed by atoms with E-state index in [4.69, 9.17) is 10.00 Å². The van der Waals surface area contributed by atoms with E-state index >= 15 is 0 Å². The zero-order valence-corrected chi connectivity index (χ0v) is 9.66. The maximum atomic E-state index is 8.92. The third-order valence-corrected chi connectivity index (χ3v) is 3.39. The minimum Gasteiger partial charge on any atom is -0.379 e. The third kappa shape index (κ3) is 1.51. The van der Waals surface area contributed by atoms with Crippen molar-refractivity contribution in [3.63, 3.8) is 0 Å². The molecular weight excluding hydrogens is 214 g/mol. The predicted octanol–water partition coefficient (Wildman–Crippen LogP) is 2.05. The molecule has 86 valence electrons. The summed E-state index contributed by atoms with van der Waals surface area (Å²) in [6.45, 7) is 3.22. The molecule has 0 bridgehead atoms. The lowest BCUT2D eigenvalue weighted by Gasteiger charge is -2.40. The second-order valence-electron chi connectivity index (χ2n) is 4.66. The van der Waals surface area contributed by atoms with Crippen LogP contribution in [0.15, 0.2) is 18.2 Å². The second kappa shape index (κ2) is 3.57. The number of nitriles is 1. The zero-order valence-electron chi connectivity index (χ0n) is 9.66. The Bertz CT molecular complexity index is 605. The Labute approximate surface area is 99.2 Å². The molecule has 1 aromatic heterocycles. The summed E-state index contributed by atoms with van der Waals surface area (Å²) >= 11 is 0. The van der Waals surface area contributed by atoms with Crippen LogP contribution < -0.4 is 0 Å². The number of aromatic amines is 1. The van der Waals surface area contributed by atoms with E-state index in [1.807, 2.05) is 13.0 Å². The van der Waals surface area contributed by atoms with Crippen molar-refractivity contribution in [3.05, 3.63) is 29.6 Å². The van der Waals surface area contributed by atoms with Crippen LogP contribution in [0.1, 0.15) is 17.8 Å². The largest absolute Gasteiger partial charge is 0.379 e. The molecule has 1 aliphatic heterocycles. The van der Waals surface area contributed by atoms with E-state index < -0.39 is 0 Å². The minimum absolute atomic E-state index is 0.109. The van der Waals surface area contributed by atoms with Crippen molar-refractivity contribution in [1.82, 2.24) is 9.97 Å². The number of H-pyrrole nitrogens is 1. The van der Waals surface area contributed by atoms with Crippen molar-refractivity contribution in [2.75, 3.05) is 13.2 Å². The lowest BCUT2D eigenvalue weighted by molar-refractivity contribution is -0.0576. The Morgan fingerprint density at radius 2 is 2.35 bits per heavy atom. The molecule has 1 saturated heterocycles. The summed E-state index contributed by atoms with van der Waals surface area (Å²) < 4.78 is 5.29. The first-order chi connectivity index (χ1) is 8.23. The summed E-state index contributed by atoms with van der Waals surface area (Å²) in [6, 6.07) is 8.41. The van der Waals surface area contributed by atoms with Crippen LogP contribution in [0.3, 0.4) is 0 Å². The Morgan fingerprint density at radius 3 is 3.00 bits per heavy atom. The number of aryl methyl sites for hydroxylation is 1. The summed E-state index contributed by atoms with van der Waals surface area (Å²) in [5.41, 5.74) is 3.06. The van der Waals surface area contributed by atoms with Gasteiger partial charge in [0, 0.05) is 6.42 Å². The van der Waals surface area contributed by atoms with Gasteiger partial charge in [-0.2, -0.15) is 5.26 Å². The van der Waals surface area contributed by atoms with Crippen LogP contribution in [0, 0.1) is 18.3 Å². The van der Waals surface area contributed by atoms with Gasteiger partial charge in [-0.15, -0.1) is 0 Å². The molecule has 1 aliphatic rings. The van der Waals surface area contributed by atoms with Crippen LogP contribution in [-0.4, -0.2) is 23.2 Å². The highest BCUT2D eigenvalue weighted by molar-refractivity contribution is 5.76. The average molecular weight is 227 g/mol. The first-order valence-corrected chi connectivity index (χ1v) is 5.65. The molecule has 4 nitrogen and oxygen atoms in total. The molecule has 1 N–H and O–H groups in total. The number of imidazole rings is 1. The van der Waals surface area contributed by atoms with Gasteiger partial charge in [0.15, 0.2) is 0 Å². The minimum atomic E-state index is -0.109. The SMILES string of the molecule is Cc1nc2ccc(C3(CC#N)COC3)cc2[nH]1. The summed E-state index contributed by atoms with van der Waals surface area (Å²) in [5.74, 6) is 0.913. The molecule has 3 rings (SSSR count). The maximum absolute atomic E-state index is 8.92. The molecule has 0 saturated carbocycles. The molecule has 2 heterocycles. The van der Waals surface area contributed by atoms with Gasteiger partial charge >= 0.3 is 0 Å². The molecular formula is C13H13N3O. The van der Waals surface area contributed by atoms with Crippen LogP contribution in [-0.2, 0) is 10.2 Å². The highest BCUT2D eigenvalue weighted by Gasteiger charge is 2.40. The fourth-order valence-corrected chi connectivity index (χ4v) is 2.34. The molecule has 4 heteroatoms. The number of hydrogen-bond donors (Lipinski definition) is 1. The molecule has 0 atom stereocenters. The van der Waals surface area contributed by atoms with Gasteiger partial charge in [-0.1, -0.05) is 6.07 Å². The lowest BCUT2D eigenvalue weighted by Crippen LogP contribution is -2.46. The molecule has 1 fully saturated rings. The van der Waals surface area contributed by atoms with Gasteiger partial charge in [0.05, 0.1) is 35.7 Å². The molecule has 0 spiro atoms. The Morgan fingerprint density at radius 1 is 1.53 bits per heavy atom. The molecule has 0 unspecified atom stereocenters. The fourth-order valence-electron chi connectivity index (χ4n) is 2.34. The number of rotatable bonds is 2. The number of fused-ring (bicyclic) bond motifs is 1. The summed E-state index contributed by atoms with van der Waals surface area (Å²) in [6.07, 6.45) is 0.506. The van der Waals surface area contributed by atoms with Crippen molar-refractivity contribution in [1.29, 1.82) is 5.26 Å². The molecule has 0 amide bonds. The molecule has 1 aromatic carbocycles. The van der Waals surface area contributed by atoms with Gasteiger partial charge in [0.25, 0.3) is 0 Å². The number of ether oxygens (including phenoxy) is 1. The normalized spacial score (nSPS) is 17.6. The smallest absolute Gasteiger partial charge is 0.104 e. The third-order valence-electron chi connectivity index (χ3n) is 3.39. The zero-order chi connectivity index (χ0) is 11.9. The van der Waals surface area contributed by atoms with Crippen molar-refractivity contribution < 1.29 is 4.74 Å². The molecule has 0 radical (unpaired) electrons. The van der Waals surface area contributed by atoms with E-state index in [0.29, 0.717) is 19.6 Å². The average Bonchev–Trinajstić information content (AvgIpc) is 2.62. The predicted molar refractivity (Wildman–Crippen MR) is 63.6 cm³/mol. The lowest BCUT2D eigenvalue weighted by atomic mass is 9.76. The van der Waals surface area contributed by atoms with Crippen LogP contribution in [0.2, 0.25) is 0 Å². The maximum Gasteiger partial charge on any atom is 0.104 e. The van der Waals surface area contributed by atoms with Crippen molar-refractivity contribution in [3.8, 4) is 6.07 Å². The van der Waals surface area contributed by atoms with E-state index in [9.17, 15) is 0 Å². The summed E-state index contributed by atoms with van der Waals surface area (Å²) in [7, 11) is 0. The van der Waals surface area contributed by atoms with Gasteiger partial charge in [0.2, 0.25) is 0 Å². The first-order valence-electron chi connectivity index (χ1n) is 5.65. The second-order valence-corrected chi connectivity index (χ2v) is 4.66. The number of benzene rings is 1. The number of hydrogen-bond acceptors (Lipinski definition) is 3. The number of nitrogens with zero attached hydrogens (tertiary/aromatic N) is 2. The first kappa shape index (κ1) is 10.3. The van der Waals surface area contributed by atoms with E-state index in [0.717, 1.165) is 16.9 Å². The van der Waals surface area contributed by atoms with Gasteiger partial charge in [-0.3, -0.25) is 0 Å². The highest BCUT2D eigenvalue weighted by atomic mass is 16.5. The standard InChI is InChI=1S/C13H13N3O/c1-9-15-11-3-2-10(6-12(11)16-9)13(4-5-14)7-17-8-13/h2-3,6H,4,7-8H2,1H3,(H,15,16). The van der Waals surface area contributed by atoms with Gasteiger partial charge < -0.3 is 9.72 Å². The Hall–Kier alpha value is -1.86.